The summed E-state index contributed by atoms with van der Waals surface area (Å²) in [5, 5.41) is 2.75. The number of hydrogen-bond donors (Lipinski definition) is 1. The quantitative estimate of drug-likeness (QED) is 0.825. The second-order valence-corrected chi connectivity index (χ2v) is 4.47. The van der Waals surface area contributed by atoms with Crippen LogP contribution in [0.5, 0.6) is 0 Å². The SMILES string of the molecule is CC(=O)NCCC=Cc1cccc2c1CCC2=O. The average molecular weight is 243 g/mol. The molecular weight excluding hydrogens is 226 g/mol. The molecule has 1 aromatic rings. The van der Waals surface area contributed by atoms with Crippen molar-refractivity contribution < 1.29 is 9.59 Å². The second-order valence-electron chi connectivity index (χ2n) is 4.47. The number of ketones is 1. The van der Waals surface area contributed by atoms with Crippen molar-refractivity contribution in [2.75, 3.05) is 6.54 Å². The summed E-state index contributed by atoms with van der Waals surface area (Å²) in [5.74, 6) is 0.244. The Morgan fingerprint density at radius 2 is 2.22 bits per heavy atom. The lowest BCUT2D eigenvalue weighted by atomic mass is 10.0. The zero-order valence-corrected chi connectivity index (χ0v) is 10.5. The maximum absolute atomic E-state index is 11.6. The summed E-state index contributed by atoms with van der Waals surface area (Å²) in [6.45, 7) is 2.17. The van der Waals surface area contributed by atoms with Gasteiger partial charge in [0.25, 0.3) is 0 Å². The van der Waals surface area contributed by atoms with Crippen LogP contribution in [0, 0.1) is 0 Å². The highest BCUT2D eigenvalue weighted by Crippen LogP contribution is 2.26. The van der Waals surface area contributed by atoms with E-state index in [1.807, 2.05) is 30.4 Å². The Balaban J connectivity index is 2.00. The van der Waals surface area contributed by atoms with E-state index in [4.69, 9.17) is 0 Å². The number of rotatable bonds is 4. The third kappa shape index (κ3) is 2.86. The minimum Gasteiger partial charge on any atom is -0.356 e. The number of Topliss-reactive ketones (excluding diaryl/α,β-unsaturated/α-hetero) is 1. The molecule has 0 unspecified atom stereocenters. The summed E-state index contributed by atoms with van der Waals surface area (Å²) in [4.78, 5) is 22.3. The molecule has 0 heterocycles. The van der Waals surface area contributed by atoms with Crippen LogP contribution in [0.3, 0.4) is 0 Å². The molecule has 0 fully saturated rings. The van der Waals surface area contributed by atoms with Gasteiger partial charge in [-0.1, -0.05) is 30.4 Å². The molecule has 0 spiro atoms. The number of carbonyl (C=O) groups is 2. The molecule has 3 nitrogen and oxygen atoms in total. The molecule has 1 aliphatic carbocycles. The predicted octanol–water partition coefficient (Wildman–Crippen LogP) is 2.35. The Labute approximate surface area is 107 Å². The fourth-order valence-corrected chi connectivity index (χ4v) is 2.22. The standard InChI is InChI=1S/C15H17NO2/c1-11(17)16-10-3-2-5-12-6-4-7-14-13(12)8-9-15(14)18/h2,4-7H,3,8-10H2,1H3,(H,16,17). The molecule has 0 aromatic heterocycles. The van der Waals surface area contributed by atoms with Gasteiger partial charge in [-0.05, 0) is 24.0 Å². The molecular formula is C15H17NO2. The number of fused-ring (bicyclic) bond motifs is 1. The van der Waals surface area contributed by atoms with Crippen molar-refractivity contribution >= 4 is 17.8 Å². The van der Waals surface area contributed by atoms with Gasteiger partial charge >= 0.3 is 0 Å². The first-order chi connectivity index (χ1) is 8.68. The first-order valence-electron chi connectivity index (χ1n) is 6.24. The molecule has 1 aromatic carbocycles. The van der Waals surface area contributed by atoms with Crippen LogP contribution in [0.4, 0.5) is 0 Å². The fraction of sp³-hybridized carbons (Fsp3) is 0.333. The van der Waals surface area contributed by atoms with Gasteiger partial charge in [0.2, 0.25) is 5.91 Å². The van der Waals surface area contributed by atoms with Gasteiger partial charge in [0.1, 0.15) is 0 Å². The van der Waals surface area contributed by atoms with E-state index in [0.29, 0.717) is 13.0 Å². The highest BCUT2D eigenvalue weighted by atomic mass is 16.1. The molecule has 3 heteroatoms. The molecule has 1 aliphatic rings. The molecule has 0 aliphatic heterocycles. The molecule has 0 bridgehead atoms. The Kier molecular flexibility index (Phi) is 3.92. The van der Waals surface area contributed by atoms with Crippen molar-refractivity contribution in [3.63, 3.8) is 0 Å². The van der Waals surface area contributed by atoms with Crippen molar-refractivity contribution in [2.24, 2.45) is 0 Å². The monoisotopic (exact) mass is 243 g/mol. The number of hydrogen-bond acceptors (Lipinski definition) is 2. The Hall–Kier alpha value is -1.90. The van der Waals surface area contributed by atoms with Crippen LogP contribution in [-0.2, 0) is 11.2 Å². The van der Waals surface area contributed by atoms with Gasteiger partial charge in [0.05, 0.1) is 0 Å². The van der Waals surface area contributed by atoms with Crippen molar-refractivity contribution in [3.8, 4) is 0 Å². The summed E-state index contributed by atoms with van der Waals surface area (Å²) in [6.07, 6.45) is 6.36. The summed E-state index contributed by atoms with van der Waals surface area (Å²) >= 11 is 0. The predicted molar refractivity (Wildman–Crippen MR) is 71.4 cm³/mol. The third-order valence-electron chi connectivity index (χ3n) is 3.10. The number of nitrogens with one attached hydrogen (secondary N) is 1. The lowest BCUT2D eigenvalue weighted by Gasteiger charge is -2.02. The first-order valence-corrected chi connectivity index (χ1v) is 6.24. The van der Waals surface area contributed by atoms with E-state index in [9.17, 15) is 9.59 Å². The summed E-state index contributed by atoms with van der Waals surface area (Å²) < 4.78 is 0. The number of amides is 1. The fourth-order valence-electron chi connectivity index (χ4n) is 2.22. The Morgan fingerprint density at radius 3 is 3.00 bits per heavy atom. The Bertz CT molecular complexity index is 503. The lowest BCUT2D eigenvalue weighted by Crippen LogP contribution is -2.20. The molecule has 94 valence electrons. The minimum atomic E-state index is -0.00500. The van der Waals surface area contributed by atoms with E-state index in [-0.39, 0.29) is 11.7 Å². The zero-order valence-electron chi connectivity index (χ0n) is 10.5. The van der Waals surface area contributed by atoms with Crippen molar-refractivity contribution in [1.29, 1.82) is 0 Å². The molecule has 18 heavy (non-hydrogen) atoms. The highest BCUT2D eigenvalue weighted by molar-refractivity contribution is 6.01. The topological polar surface area (TPSA) is 46.2 Å². The molecule has 1 amide bonds. The van der Waals surface area contributed by atoms with Crippen molar-refractivity contribution in [3.05, 3.63) is 41.0 Å². The normalized spacial score (nSPS) is 13.9. The van der Waals surface area contributed by atoms with Gasteiger partial charge in [0.15, 0.2) is 5.78 Å². The van der Waals surface area contributed by atoms with Crippen LogP contribution in [-0.4, -0.2) is 18.2 Å². The van der Waals surface area contributed by atoms with E-state index in [1.54, 1.807) is 0 Å². The number of carbonyl (C=O) groups excluding carboxylic acids is 2. The average Bonchev–Trinajstić information content (AvgIpc) is 2.71. The van der Waals surface area contributed by atoms with Gasteiger partial charge in [-0.2, -0.15) is 0 Å². The van der Waals surface area contributed by atoms with Crippen LogP contribution in [0.2, 0.25) is 0 Å². The van der Waals surface area contributed by atoms with Crippen molar-refractivity contribution in [1.82, 2.24) is 5.32 Å². The first kappa shape index (κ1) is 12.6. The second kappa shape index (κ2) is 5.63. The number of benzene rings is 1. The third-order valence-corrected chi connectivity index (χ3v) is 3.10. The van der Waals surface area contributed by atoms with E-state index < -0.39 is 0 Å². The van der Waals surface area contributed by atoms with Crippen LogP contribution in [0.1, 0.15) is 41.3 Å². The van der Waals surface area contributed by atoms with Crippen LogP contribution in [0.15, 0.2) is 24.3 Å². The van der Waals surface area contributed by atoms with E-state index in [0.717, 1.165) is 24.0 Å². The molecule has 0 atom stereocenters. The summed E-state index contributed by atoms with van der Waals surface area (Å²) in [6, 6.07) is 5.86. The zero-order chi connectivity index (χ0) is 13.0. The molecule has 0 radical (unpaired) electrons. The van der Waals surface area contributed by atoms with Gasteiger partial charge in [-0.25, -0.2) is 0 Å². The summed E-state index contributed by atoms with van der Waals surface area (Å²) in [5.41, 5.74) is 3.17. The molecule has 0 saturated carbocycles. The van der Waals surface area contributed by atoms with Crippen molar-refractivity contribution in [2.45, 2.75) is 26.2 Å². The van der Waals surface area contributed by atoms with Gasteiger partial charge in [0, 0.05) is 25.5 Å². The van der Waals surface area contributed by atoms with Gasteiger partial charge in [-0.3, -0.25) is 9.59 Å². The van der Waals surface area contributed by atoms with Crippen LogP contribution >= 0.6 is 0 Å². The molecule has 0 saturated heterocycles. The van der Waals surface area contributed by atoms with Crippen LogP contribution < -0.4 is 5.32 Å². The van der Waals surface area contributed by atoms with Gasteiger partial charge in [-0.15, -0.1) is 0 Å². The lowest BCUT2D eigenvalue weighted by molar-refractivity contribution is -0.118. The maximum atomic E-state index is 11.6. The van der Waals surface area contributed by atoms with Gasteiger partial charge < -0.3 is 5.32 Å². The maximum Gasteiger partial charge on any atom is 0.216 e. The molecule has 1 N–H and O–H groups in total. The largest absolute Gasteiger partial charge is 0.356 e. The van der Waals surface area contributed by atoms with E-state index >= 15 is 0 Å². The molecule has 2 rings (SSSR count). The Morgan fingerprint density at radius 1 is 1.39 bits per heavy atom. The smallest absolute Gasteiger partial charge is 0.216 e. The van der Waals surface area contributed by atoms with Crippen LogP contribution in [0.25, 0.3) is 6.08 Å². The highest BCUT2D eigenvalue weighted by Gasteiger charge is 2.20. The minimum absolute atomic E-state index is 0.00500. The van der Waals surface area contributed by atoms with E-state index in [1.165, 1.54) is 12.5 Å². The van der Waals surface area contributed by atoms with E-state index in [2.05, 4.69) is 5.32 Å². The summed E-state index contributed by atoms with van der Waals surface area (Å²) in [7, 11) is 0.